The van der Waals surface area contributed by atoms with Gasteiger partial charge in [-0.05, 0) is 54.4 Å². The molecule has 1 aliphatic carbocycles. The van der Waals surface area contributed by atoms with E-state index >= 15 is 0 Å². The third-order valence-electron chi connectivity index (χ3n) is 3.99. The molecule has 1 amide bonds. The van der Waals surface area contributed by atoms with Gasteiger partial charge in [-0.15, -0.1) is 35.3 Å². The second-order valence-electron chi connectivity index (χ2n) is 7.77. The zero-order valence-corrected chi connectivity index (χ0v) is 20.9. The van der Waals surface area contributed by atoms with Crippen LogP contribution in [0.2, 0.25) is 0 Å². The molecule has 2 rings (SSSR count). The van der Waals surface area contributed by atoms with E-state index in [0.29, 0.717) is 25.7 Å². The van der Waals surface area contributed by atoms with E-state index in [9.17, 15) is 4.79 Å². The van der Waals surface area contributed by atoms with Crippen LogP contribution in [0, 0.1) is 13.8 Å². The Bertz CT molecular complexity index is 668. The van der Waals surface area contributed by atoms with Crippen molar-refractivity contribution in [2.75, 3.05) is 19.6 Å². The molecule has 1 heterocycles. The van der Waals surface area contributed by atoms with Crippen molar-refractivity contribution in [3.05, 3.63) is 15.6 Å². The Labute approximate surface area is 189 Å². The molecule has 1 saturated carbocycles. The summed E-state index contributed by atoms with van der Waals surface area (Å²) in [6.07, 6.45) is 1.87. The summed E-state index contributed by atoms with van der Waals surface area (Å²) in [7, 11) is 0. The van der Waals surface area contributed by atoms with Crippen molar-refractivity contribution in [1.82, 2.24) is 20.5 Å². The fraction of sp³-hybridized carbons (Fsp3) is 0.737. The molecule has 2 N–H and O–H groups in total. The van der Waals surface area contributed by atoms with Gasteiger partial charge in [-0.3, -0.25) is 0 Å². The highest BCUT2D eigenvalue weighted by molar-refractivity contribution is 14.0. The van der Waals surface area contributed by atoms with Gasteiger partial charge < -0.3 is 20.3 Å². The summed E-state index contributed by atoms with van der Waals surface area (Å²) in [6, 6.07) is 0.309. The molecule has 0 unspecified atom stereocenters. The molecule has 0 radical (unpaired) electrons. The van der Waals surface area contributed by atoms with Crippen LogP contribution < -0.4 is 10.6 Å². The summed E-state index contributed by atoms with van der Waals surface area (Å²) >= 11 is 1.68. The second-order valence-corrected chi connectivity index (χ2v) is 9.06. The summed E-state index contributed by atoms with van der Waals surface area (Å²) in [4.78, 5) is 24.5. The van der Waals surface area contributed by atoms with E-state index < -0.39 is 5.60 Å². The summed E-state index contributed by atoms with van der Waals surface area (Å²) < 4.78 is 5.53. The minimum absolute atomic E-state index is 0. The zero-order chi connectivity index (χ0) is 20.0. The van der Waals surface area contributed by atoms with Gasteiger partial charge in [-0.1, -0.05) is 0 Å². The number of hydrogen-bond acceptors (Lipinski definition) is 5. The number of aryl methyl sites for hydroxylation is 2. The monoisotopic (exact) mass is 523 g/mol. The number of guanidine groups is 1. The first kappa shape index (κ1) is 24.9. The number of ether oxygens (including phenoxy) is 1. The fourth-order valence-corrected chi connectivity index (χ4v) is 3.50. The highest BCUT2D eigenvalue weighted by Gasteiger charge is 2.34. The number of nitrogens with one attached hydrogen (secondary N) is 2. The summed E-state index contributed by atoms with van der Waals surface area (Å²) in [6.45, 7) is 14.4. The molecule has 0 bridgehead atoms. The average molecular weight is 523 g/mol. The van der Waals surface area contributed by atoms with Crippen molar-refractivity contribution < 1.29 is 9.53 Å². The number of thiazole rings is 1. The summed E-state index contributed by atoms with van der Waals surface area (Å²) in [5, 5.41) is 7.64. The Morgan fingerprint density at radius 1 is 1.32 bits per heavy atom. The number of carbonyl (C=O) groups excluding carboxylic acids is 1. The van der Waals surface area contributed by atoms with Crippen LogP contribution in [0.15, 0.2) is 4.99 Å². The molecule has 0 aromatic carbocycles. The molecule has 0 atom stereocenters. The van der Waals surface area contributed by atoms with Gasteiger partial charge in [-0.25, -0.2) is 14.8 Å². The maximum absolute atomic E-state index is 12.4. The second kappa shape index (κ2) is 11.2. The Morgan fingerprint density at radius 2 is 2.00 bits per heavy atom. The van der Waals surface area contributed by atoms with E-state index in [2.05, 4.69) is 20.6 Å². The minimum atomic E-state index is -0.473. The van der Waals surface area contributed by atoms with Crippen LogP contribution in [0.3, 0.4) is 0 Å². The average Bonchev–Trinajstić information content (AvgIpc) is 3.32. The largest absolute Gasteiger partial charge is 0.444 e. The van der Waals surface area contributed by atoms with Crippen molar-refractivity contribution in [3.63, 3.8) is 0 Å². The van der Waals surface area contributed by atoms with Crippen LogP contribution in [-0.4, -0.2) is 53.2 Å². The normalized spacial score (nSPS) is 14.3. The Balaban J connectivity index is 0.00000392. The van der Waals surface area contributed by atoms with Gasteiger partial charge in [0.15, 0.2) is 5.96 Å². The van der Waals surface area contributed by atoms with Gasteiger partial charge in [-0.2, -0.15) is 0 Å². The number of carbonyl (C=O) groups is 1. The molecule has 1 aliphatic rings. The summed E-state index contributed by atoms with van der Waals surface area (Å²) in [5.74, 6) is 0.753. The van der Waals surface area contributed by atoms with Gasteiger partial charge in [0, 0.05) is 30.6 Å². The number of amides is 1. The van der Waals surface area contributed by atoms with Crippen LogP contribution in [0.1, 0.15) is 56.1 Å². The maximum atomic E-state index is 12.4. The van der Waals surface area contributed by atoms with E-state index in [1.54, 1.807) is 11.3 Å². The van der Waals surface area contributed by atoms with Gasteiger partial charge in [0.25, 0.3) is 0 Å². The predicted molar refractivity (Wildman–Crippen MR) is 126 cm³/mol. The Hall–Kier alpha value is -1.10. The quantitative estimate of drug-likeness (QED) is 0.323. The van der Waals surface area contributed by atoms with E-state index in [0.717, 1.165) is 36.0 Å². The van der Waals surface area contributed by atoms with E-state index in [1.165, 1.54) is 4.88 Å². The lowest BCUT2D eigenvalue weighted by Crippen LogP contribution is -2.45. The molecule has 28 heavy (non-hydrogen) atoms. The van der Waals surface area contributed by atoms with Crippen LogP contribution in [0.25, 0.3) is 0 Å². The molecule has 0 saturated heterocycles. The highest BCUT2D eigenvalue weighted by atomic mass is 127. The zero-order valence-electron chi connectivity index (χ0n) is 17.8. The lowest BCUT2D eigenvalue weighted by atomic mass is 10.2. The lowest BCUT2D eigenvalue weighted by molar-refractivity contribution is 0.0238. The van der Waals surface area contributed by atoms with Crippen LogP contribution in [-0.2, 0) is 11.3 Å². The van der Waals surface area contributed by atoms with Crippen molar-refractivity contribution >= 4 is 47.4 Å². The molecule has 0 spiro atoms. The van der Waals surface area contributed by atoms with Crippen LogP contribution in [0.4, 0.5) is 4.79 Å². The molecule has 160 valence electrons. The molecular formula is C19H34IN5O2S. The Kier molecular flexibility index (Phi) is 9.96. The standard InChI is InChI=1S/C19H33N5O2S.HI/c1-7-20-17(22-12-16-13(2)23-14(3)27-16)21-10-11-24(15-8-9-15)18(25)26-19(4,5)6;/h15H,7-12H2,1-6H3,(H2,20,21,22);1H. The van der Waals surface area contributed by atoms with Crippen molar-refractivity contribution in [2.24, 2.45) is 4.99 Å². The first-order chi connectivity index (χ1) is 12.7. The molecule has 7 nitrogen and oxygen atoms in total. The summed E-state index contributed by atoms with van der Waals surface area (Å²) in [5.41, 5.74) is 0.570. The van der Waals surface area contributed by atoms with Gasteiger partial charge in [0.2, 0.25) is 0 Å². The smallest absolute Gasteiger partial charge is 0.410 e. The first-order valence-corrected chi connectivity index (χ1v) is 10.5. The lowest BCUT2D eigenvalue weighted by Gasteiger charge is -2.27. The van der Waals surface area contributed by atoms with E-state index in [-0.39, 0.29) is 30.1 Å². The van der Waals surface area contributed by atoms with E-state index in [4.69, 9.17) is 4.74 Å². The van der Waals surface area contributed by atoms with Gasteiger partial charge >= 0.3 is 6.09 Å². The van der Waals surface area contributed by atoms with Crippen LogP contribution >= 0.6 is 35.3 Å². The predicted octanol–water partition coefficient (Wildman–Crippen LogP) is 3.83. The SMILES string of the molecule is CCNC(=NCc1sc(C)nc1C)NCCN(C(=O)OC(C)(C)C)C1CC1.I. The number of aromatic nitrogens is 1. The van der Waals surface area contributed by atoms with Gasteiger partial charge in [0.1, 0.15) is 5.60 Å². The number of nitrogens with zero attached hydrogens (tertiary/aromatic N) is 3. The van der Waals surface area contributed by atoms with E-state index in [1.807, 2.05) is 46.4 Å². The molecule has 1 aromatic rings. The molecule has 1 fully saturated rings. The maximum Gasteiger partial charge on any atom is 0.410 e. The third-order valence-corrected chi connectivity index (χ3v) is 5.04. The van der Waals surface area contributed by atoms with Crippen LogP contribution in [0.5, 0.6) is 0 Å². The number of rotatable bonds is 7. The number of aliphatic imine (C=N–C) groups is 1. The topological polar surface area (TPSA) is 78.9 Å². The fourth-order valence-electron chi connectivity index (χ4n) is 2.64. The van der Waals surface area contributed by atoms with Crippen molar-refractivity contribution in [2.45, 2.75) is 72.6 Å². The first-order valence-electron chi connectivity index (χ1n) is 9.64. The molecule has 1 aromatic heterocycles. The molecular weight excluding hydrogens is 489 g/mol. The minimum Gasteiger partial charge on any atom is -0.444 e. The van der Waals surface area contributed by atoms with Crippen molar-refractivity contribution in [1.29, 1.82) is 0 Å². The van der Waals surface area contributed by atoms with Gasteiger partial charge in [0.05, 0.1) is 17.2 Å². The highest BCUT2D eigenvalue weighted by Crippen LogP contribution is 2.28. The van der Waals surface area contributed by atoms with Crippen molar-refractivity contribution in [3.8, 4) is 0 Å². The molecule has 9 heteroatoms. The molecule has 0 aliphatic heterocycles. The third kappa shape index (κ3) is 8.50. The number of halogens is 1. The number of hydrogen-bond donors (Lipinski definition) is 2. The Morgan fingerprint density at radius 3 is 2.50 bits per heavy atom.